The summed E-state index contributed by atoms with van der Waals surface area (Å²) in [7, 11) is 0. The van der Waals surface area contributed by atoms with Crippen LogP contribution in [0.15, 0.2) is 63.9 Å². The predicted molar refractivity (Wildman–Crippen MR) is 131 cm³/mol. The molecule has 2 heterocycles. The van der Waals surface area contributed by atoms with Crippen LogP contribution in [-0.4, -0.2) is 58.8 Å². The van der Waals surface area contributed by atoms with E-state index in [-0.39, 0.29) is 6.00 Å². The number of aromatic nitrogens is 2. The molecule has 1 aliphatic heterocycles. The number of aliphatic imine (C=N–C) groups is 3. The molecular weight excluding hydrogens is 412 g/mol. The molecule has 0 atom stereocenters. The first kappa shape index (κ1) is 24.4. The van der Waals surface area contributed by atoms with Crippen molar-refractivity contribution in [1.82, 2.24) is 25.5 Å². The van der Waals surface area contributed by atoms with E-state index in [0.717, 1.165) is 74.0 Å². The largest absolute Gasteiger partial charge is 0.370 e. The number of nitrogens with zero attached hydrogens (tertiary/aromatic N) is 5. The highest BCUT2D eigenvalue weighted by atomic mass is 35.5. The Hall–Kier alpha value is -2.87. The van der Waals surface area contributed by atoms with Gasteiger partial charge in [0.25, 0.3) is 0 Å². The van der Waals surface area contributed by atoms with Crippen molar-refractivity contribution in [2.75, 3.05) is 25.6 Å². The molecule has 0 aromatic carbocycles. The lowest BCUT2D eigenvalue weighted by Gasteiger charge is -2.29. The fraction of sp³-hybridized carbons (Fsp3) is 0.455. The highest BCUT2D eigenvalue weighted by molar-refractivity contribution is 6.17. The van der Waals surface area contributed by atoms with E-state index in [1.165, 1.54) is 0 Å². The van der Waals surface area contributed by atoms with Crippen LogP contribution in [0.25, 0.3) is 0 Å². The number of nitrogens with one attached hydrogen (secondary N) is 3. The summed E-state index contributed by atoms with van der Waals surface area (Å²) in [6.45, 7) is 16.2. The molecule has 31 heavy (non-hydrogen) atoms. The quantitative estimate of drug-likeness (QED) is 0.119. The molecule has 168 valence electrons. The van der Waals surface area contributed by atoms with Gasteiger partial charge in [0, 0.05) is 31.9 Å². The molecule has 0 saturated heterocycles. The van der Waals surface area contributed by atoms with E-state index in [0.29, 0.717) is 12.4 Å². The van der Waals surface area contributed by atoms with E-state index in [2.05, 4.69) is 67.3 Å². The molecule has 0 aliphatic carbocycles. The highest BCUT2D eigenvalue weighted by Gasteiger charge is 2.17. The Kier molecular flexibility index (Phi) is 10.6. The van der Waals surface area contributed by atoms with Crippen LogP contribution in [0.1, 0.15) is 44.9 Å². The number of alkyl halides is 1. The van der Waals surface area contributed by atoms with Gasteiger partial charge in [-0.15, -0.1) is 11.6 Å². The fourth-order valence-electron chi connectivity index (χ4n) is 3.24. The van der Waals surface area contributed by atoms with Gasteiger partial charge in [0.15, 0.2) is 11.6 Å². The lowest BCUT2D eigenvalue weighted by Crippen LogP contribution is -2.31. The molecule has 0 unspecified atom stereocenters. The third-order valence-electron chi connectivity index (χ3n) is 4.85. The number of unbranched alkanes of at least 4 members (excludes halogenated alkanes) is 2. The minimum Gasteiger partial charge on any atom is -0.370 e. The summed E-state index contributed by atoms with van der Waals surface area (Å²) in [4.78, 5) is 22.8. The molecule has 1 aliphatic rings. The maximum Gasteiger partial charge on any atom is 0.154 e. The molecule has 0 radical (unpaired) electrons. The Balaban J connectivity index is 1.95. The molecular formula is C22H33ClN8. The Morgan fingerprint density at radius 3 is 2.81 bits per heavy atom. The second-order valence-electron chi connectivity index (χ2n) is 7.01. The number of H-pyrrole nitrogens is 1. The minimum atomic E-state index is 0.240. The lowest BCUT2D eigenvalue weighted by molar-refractivity contribution is 0.332. The number of amidine groups is 1. The van der Waals surface area contributed by atoms with Crippen molar-refractivity contribution in [2.24, 2.45) is 15.0 Å². The fourth-order valence-corrected chi connectivity index (χ4v) is 3.37. The maximum atomic E-state index is 5.95. The van der Waals surface area contributed by atoms with Crippen molar-refractivity contribution in [3.8, 4) is 0 Å². The molecule has 0 fully saturated rings. The summed E-state index contributed by atoms with van der Waals surface area (Å²) < 4.78 is 0. The average molecular weight is 445 g/mol. The van der Waals surface area contributed by atoms with Gasteiger partial charge < -0.3 is 20.5 Å². The third-order valence-corrected chi connectivity index (χ3v) is 4.99. The normalized spacial score (nSPS) is 13.7. The van der Waals surface area contributed by atoms with E-state index in [1.54, 1.807) is 18.6 Å². The predicted octanol–water partition coefficient (Wildman–Crippen LogP) is 3.79. The summed E-state index contributed by atoms with van der Waals surface area (Å²) in [5.74, 6) is 2.25. The van der Waals surface area contributed by atoms with Crippen molar-refractivity contribution >= 4 is 29.9 Å². The van der Waals surface area contributed by atoms with Gasteiger partial charge in [-0.3, -0.25) is 4.99 Å². The van der Waals surface area contributed by atoms with Gasteiger partial charge in [0.05, 0.1) is 18.2 Å². The number of hydrogen-bond acceptors (Lipinski definition) is 7. The first-order valence-electron chi connectivity index (χ1n) is 10.6. The molecule has 3 N–H and O–H groups in total. The Bertz CT molecular complexity index is 823. The maximum absolute atomic E-state index is 5.95. The summed E-state index contributed by atoms with van der Waals surface area (Å²) in [6, 6.07) is 0.240. The molecule has 0 saturated carbocycles. The van der Waals surface area contributed by atoms with Crippen molar-refractivity contribution < 1.29 is 0 Å². The van der Waals surface area contributed by atoms with Crippen molar-refractivity contribution in [2.45, 2.75) is 39.0 Å². The van der Waals surface area contributed by atoms with Crippen LogP contribution in [0.3, 0.4) is 0 Å². The summed E-state index contributed by atoms with van der Waals surface area (Å²) in [6.07, 6.45) is 10.1. The zero-order chi connectivity index (χ0) is 22.5. The van der Waals surface area contributed by atoms with Crippen LogP contribution < -0.4 is 10.6 Å². The number of rotatable bonds is 16. The van der Waals surface area contributed by atoms with Gasteiger partial charge >= 0.3 is 0 Å². The molecule has 8 nitrogen and oxygen atoms in total. The zero-order valence-electron chi connectivity index (χ0n) is 18.3. The van der Waals surface area contributed by atoms with E-state index in [1.807, 2.05) is 0 Å². The minimum absolute atomic E-state index is 0.240. The van der Waals surface area contributed by atoms with Gasteiger partial charge in [-0.2, -0.15) is 0 Å². The molecule has 2 rings (SSSR count). The SMILES string of the molecule is C=CN/C(N=C)=C(/NCCl)C(=C)N(CCCC)CCCCC1=NCC(c2ncc[nH]2)=N1. The number of aromatic amines is 1. The molecule has 1 aromatic rings. The molecule has 0 amide bonds. The standard InChI is InChI=1S/C22H33ClN8/c1-5-7-13-31(17(3)20(29-16-23)22(24-4)25-6-2)14-9-8-10-19-28-15-18(30-19)21-26-11-12-27-21/h6,11-12,25,29H,2-5,7-10,13-16H2,1H3,(H,26,27)/b22-20+. The van der Waals surface area contributed by atoms with Crippen LogP contribution in [0.4, 0.5) is 0 Å². The second kappa shape index (κ2) is 13.4. The Morgan fingerprint density at radius 2 is 2.16 bits per heavy atom. The van der Waals surface area contributed by atoms with Crippen LogP contribution in [0, 0.1) is 0 Å². The smallest absolute Gasteiger partial charge is 0.154 e. The van der Waals surface area contributed by atoms with Gasteiger partial charge in [-0.1, -0.05) is 26.5 Å². The lowest BCUT2D eigenvalue weighted by atomic mass is 10.2. The first-order valence-corrected chi connectivity index (χ1v) is 11.1. The second-order valence-corrected chi connectivity index (χ2v) is 7.28. The van der Waals surface area contributed by atoms with Gasteiger partial charge in [0.2, 0.25) is 0 Å². The number of halogens is 1. The van der Waals surface area contributed by atoms with Crippen LogP contribution in [-0.2, 0) is 0 Å². The summed E-state index contributed by atoms with van der Waals surface area (Å²) >= 11 is 5.95. The van der Waals surface area contributed by atoms with Crippen molar-refractivity contribution in [3.63, 3.8) is 0 Å². The van der Waals surface area contributed by atoms with Gasteiger partial charge in [-0.25, -0.2) is 15.0 Å². The van der Waals surface area contributed by atoms with Crippen molar-refractivity contribution in [3.05, 3.63) is 54.8 Å². The highest BCUT2D eigenvalue weighted by Crippen LogP contribution is 2.18. The monoisotopic (exact) mass is 444 g/mol. The van der Waals surface area contributed by atoms with Crippen molar-refractivity contribution in [1.29, 1.82) is 0 Å². The van der Waals surface area contributed by atoms with E-state index in [9.17, 15) is 0 Å². The average Bonchev–Trinajstić information content (AvgIpc) is 3.47. The summed E-state index contributed by atoms with van der Waals surface area (Å²) in [5.41, 5.74) is 2.47. The Morgan fingerprint density at radius 1 is 1.35 bits per heavy atom. The Labute approximate surface area is 190 Å². The van der Waals surface area contributed by atoms with Gasteiger partial charge in [0.1, 0.15) is 17.2 Å². The third kappa shape index (κ3) is 7.40. The molecule has 0 spiro atoms. The van der Waals surface area contributed by atoms with E-state index >= 15 is 0 Å². The topological polar surface area (TPSA) is 93.1 Å². The van der Waals surface area contributed by atoms with Crippen LogP contribution >= 0.6 is 11.6 Å². The zero-order valence-corrected chi connectivity index (χ0v) is 19.1. The van der Waals surface area contributed by atoms with Crippen LogP contribution in [0.2, 0.25) is 0 Å². The summed E-state index contributed by atoms with van der Waals surface area (Å²) in [5, 5.41) is 6.14. The number of imidazole rings is 1. The molecule has 1 aromatic heterocycles. The molecule has 9 heteroatoms. The first-order chi connectivity index (χ1) is 15.1. The van der Waals surface area contributed by atoms with E-state index < -0.39 is 0 Å². The van der Waals surface area contributed by atoms with E-state index in [4.69, 9.17) is 11.6 Å². The van der Waals surface area contributed by atoms with Crippen LogP contribution in [0.5, 0.6) is 0 Å². The molecule has 0 bridgehead atoms. The van der Waals surface area contributed by atoms with Gasteiger partial charge in [-0.05, 0) is 32.2 Å². The number of hydrogen-bond donors (Lipinski definition) is 3.